The van der Waals surface area contributed by atoms with Gasteiger partial charge in [0, 0.05) is 35.2 Å². The minimum absolute atomic E-state index is 0.0519. The van der Waals surface area contributed by atoms with Crippen molar-refractivity contribution in [1.82, 2.24) is 5.32 Å². The minimum atomic E-state index is -0.0519. The average Bonchev–Trinajstić information content (AvgIpc) is 2.45. The Balaban J connectivity index is 1.71. The number of benzene rings is 2. The predicted molar refractivity (Wildman–Crippen MR) is 87.9 cm³/mol. The molecule has 2 aromatic carbocycles. The van der Waals surface area contributed by atoms with E-state index in [4.69, 9.17) is 23.2 Å². The zero-order valence-corrected chi connectivity index (χ0v) is 12.9. The number of hydrogen-bond donors (Lipinski definition) is 2. The molecule has 5 heteroatoms. The van der Waals surface area contributed by atoms with Gasteiger partial charge in [-0.2, -0.15) is 0 Å². The van der Waals surface area contributed by atoms with Crippen molar-refractivity contribution in [3.63, 3.8) is 0 Å². The quantitative estimate of drug-likeness (QED) is 0.786. The Labute approximate surface area is 134 Å². The lowest BCUT2D eigenvalue weighted by Gasteiger charge is -2.08. The molecule has 0 aliphatic carbocycles. The molecule has 2 rings (SSSR count). The summed E-state index contributed by atoms with van der Waals surface area (Å²) in [4.78, 5) is 11.8. The van der Waals surface area contributed by atoms with Gasteiger partial charge in [0.1, 0.15) is 0 Å². The van der Waals surface area contributed by atoms with Crippen molar-refractivity contribution in [3.05, 3.63) is 64.1 Å². The van der Waals surface area contributed by atoms with Gasteiger partial charge >= 0.3 is 0 Å². The van der Waals surface area contributed by atoms with Crippen molar-refractivity contribution >= 4 is 34.8 Å². The molecule has 21 heavy (non-hydrogen) atoms. The van der Waals surface area contributed by atoms with Gasteiger partial charge in [0.2, 0.25) is 5.91 Å². The number of carbonyl (C=O) groups excluding carboxylic acids is 1. The van der Waals surface area contributed by atoms with Crippen molar-refractivity contribution in [1.29, 1.82) is 0 Å². The smallest absolute Gasteiger partial charge is 0.225 e. The van der Waals surface area contributed by atoms with Gasteiger partial charge < -0.3 is 10.6 Å². The number of rotatable bonds is 6. The zero-order valence-electron chi connectivity index (χ0n) is 11.4. The van der Waals surface area contributed by atoms with E-state index in [0.717, 1.165) is 10.6 Å². The van der Waals surface area contributed by atoms with Crippen molar-refractivity contribution < 1.29 is 4.79 Å². The van der Waals surface area contributed by atoms with Gasteiger partial charge in [-0.05, 0) is 29.8 Å². The number of anilines is 1. The van der Waals surface area contributed by atoms with Gasteiger partial charge in [-0.1, -0.05) is 47.5 Å². The third kappa shape index (κ3) is 5.38. The summed E-state index contributed by atoms with van der Waals surface area (Å²) < 4.78 is 0. The van der Waals surface area contributed by atoms with E-state index in [9.17, 15) is 4.79 Å². The summed E-state index contributed by atoms with van der Waals surface area (Å²) in [5.74, 6) is -0.0519. The van der Waals surface area contributed by atoms with E-state index in [1.54, 1.807) is 24.3 Å². The molecule has 0 radical (unpaired) electrons. The fraction of sp³-hybridized carbons (Fsp3) is 0.188. The van der Waals surface area contributed by atoms with E-state index in [-0.39, 0.29) is 5.91 Å². The SMILES string of the molecule is O=C(CCNCc1ccccc1Cl)Nc1cccc(Cl)c1. The lowest BCUT2D eigenvalue weighted by atomic mass is 10.2. The first kappa shape index (κ1) is 15.8. The van der Waals surface area contributed by atoms with Crippen LogP contribution in [0.2, 0.25) is 10.0 Å². The first-order chi connectivity index (χ1) is 10.1. The Morgan fingerprint density at radius 2 is 1.86 bits per heavy atom. The highest BCUT2D eigenvalue weighted by Crippen LogP contribution is 2.15. The highest BCUT2D eigenvalue weighted by atomic mass is 35.5. The van der Waals surface area contributed by atoms with Gasteiger partial charge in [0.15, 0.2) is 0 Å². The van der Waals surface area contributed by atoms with E-state index in [0.29, 0.717) is 30.2 Å². The van der Waals surface area contributed by atoms with Crippen molar-refractivity contribution in [2.45, 2.75) is 13.0 Å². The molecule has 1 amide bonds. The maximum absolute atomic E-state index is 11.8. The second kappa shape index (κ2) is 8.03. The van der Waals surface area contributed by atoms with E-state index < -0.39 is 0 Å². The molecule has 0 aromatic heterocycles. The standard InChI is InChI=1S/C16H16Cl2N2O/c17-13-5-3-6-14(10-13)20-16(21)8-9-19-11-12-4-1-2-7-15(12)18/h1-7,10,19H,8-9,11H2,(H,20,21). The van der Waals surface area contributed by atoms with Crippen molar-refractivity contribution in [2.24, 2.45) is 0 Å². The molecule has 110 valence electrons. The van der Waals surface area contributed by atoms with Crippen LogP contribution in [0.5, 0.6) is 0 Å². The van der Waals surface area contributed by atoms with Crippen LogP contribution in [-0.2, 0) is 11.3 Å². The number of amides is 1. The molecule has 0 fully saturated rings. The molecule has 0 spiro atoms. The molecule has 0 aliphatic heterocycles. The molecule has 0 saturated heterocycles. The first-order valence-corrected chi connectivity index (χ1v) is 7.40. The van der Waals surface area contributed by atoms with Gasteiger partial charge in [-0.25, -0.2) is 0 Å². The number of carbonyl (C=O) groups is 1. The summed E-state index contributed by atoms with van der Waals surface area (Å²) in [6, 6.07) is 14.7. The molecule has 0 saturated carbocycles. The second-order valence-electron chi connectivity index (χ2n) is 4.58. The molecular formula is C16H16Cl2N2O. The number of nitrogens with one attached hydrogen (secondary N) is 2. The highest BCUT2D eigenvalue weighted by Gasteiger charge is 2.03. The molecule has 3 nitrogen and oxygen atoms in total. The van der Waals surface area contributed by atoms with Crippen molar-refractivity contribution in [3.8, 4) is 0 Å². The van der Waals surface area contributed by atoms with E-state index in [1.165, 1.54) is 0 Å². The molecule has 0 unspecified atom stereocenters. The van der Waals surface area contributed by atoms with Crippen LogP contribution in [-0.4, -0.2) is 12.5 Å². The van der Waals surface area contributed by atoms with Crippen LogP contribution < -0.4 is 10.6 Å². The van der Waals surface area contributed by atoms with Gasteiger partial charge in [0.05, 0.1) is 0 Å². The minimum Gasteiger partial charge on any atom is -0.326 e. The topological polar surface area (TPSA) is 41.1 Å². The monoisotopic (exact) mass is 322 g/mol. The fourth-order valence-electron chi connectivity index (χ4n) is 1.86. The van der Waals surface area contributed by atoms with Crippen LogP contribution in [0.15, 0.2) is 48.5 Å². The molecule has 0 aliphatic rings. The normalized spacial score (nSPS) is 10.4. The highest BCUT2D eigenvalue weighted by molar-refractivity contribution is 6.31. The number of hydrogen-bond acceptors (Lipinski definition) is 2. The summed E-state index contributed by atoms with van der Waals surface area (Å²) in [5.41, 5.74) is 1.73. The Bertz CT molecular complexity index is 617. The van der Waals surface area contributed by atoms with Crippen molar-refractivity contribution in [2.75, 3.05) is 11.9 Å². The van der Waals surface area contributed by atoms with Gasteiger partial charge in [0.25, 0.3) is 0 Å². The lowest BCUT2D eigenvalue weighted by molar-refractivity contribution is -0.116. The molecule has 0 bridgehead atoms. The van der Waals surface area contributed by atoms with Crippen LogP contribution in [0, 0.1) is 0 Å². The van der Waals surface area contributed by atoms with E-state index >= 15 is 0 Å². The zero-order chi connectivity index (χ0) is 15.1. The van der Waals surface area contributed by atoms with E-state index in [1.807, 2.05) is 24.3 Å². The second-order valence-corrected chi connectivity index (χ2v) is 5.42. The number of halogens is 2. The summed E-state index contributed by atoms with van der Waals surface area (Å²) >= 11 is 11.9. The summed E-state index contributed by atoms with van der Waals surface area (Å²) in [6.45, 7) is 1.22. The van der Waals surface area contributed by atoms with Gasteiger partial charge in [-0.3, -0.25) is 4.79 Å². The fourth-order valence-corrected chi connectivity index (χ4v) is 2.25. The molecule has 0 atom stereocenters. The van der Waals surface area contributed by atoms with Gasteiger partial charge in [-0.15, -0.1) is 0 Å². The maximum atomic E-state index is 11.8. The Hall–Kier alpha value is -1.55. The van der Waals surface area contributed by atoms with E-state index in [2.05, 4.69) is 10.6 Å². The molecule has 2 aromatic rings. The third-order valence-corrected chi connectivity index (χ3v) is 3.51. The summed E-state index contributed by atoms with van der Waals surface area (Å²) in [5, 5.41) is 7.33. The lowest BCUT2D eigenvalue weighted by Crippen LogP contribution is -2.21. The van der Waals surface area contributed by atoms with Crippen LogP contribution in [0.1, 0.15) is 12.0 Å². The van der Waals surface area contributed by atoms with Crippen LogP contribution in [0.25, 0.3) is 0 Å². The molecular weight excluding hydrogens is 307 g/mol. The van der Waals surface area contributed by atoms with Crippen LogP contribution in [0.4, 0.5) is 5.69 Å². The Kier molecular flexibility index (Phi) is 6.05. The average molecular weight is 323 g/mol. The van der Waals surface area contributed by atoms with Crippen LogP contribution >= 0.6 is 23.2 Å². The largest absolute Gasteiger partial charge is 0.326 e. The Morgan fingerprint density at radius 3 is 2.62 bits per heavy atom. The maximum Gasteiger partial charge on any atom is 0.225 e. The first-order valence-electron chi connectivity index (χ1n) is 6.65. The third-order valence-electron chi connectivity index (χ3n) is 2.91. The summed E-state index contributed by atoms with van der Waals surface area (Å²) in [6.07, 6.45) is 0.386. The Morgan fingerprint density at radius 1 is 1.05 bits per heavy atom. The molecule has 2 N–H and O–H groups in total. The summed E-state index contributed by atoms with van der Waals surface area (Å²) in [7, 11) is 0. The molecule has 0 heterocycles. The van der Waals surface area contributed by atoms with Crippen LogP contribution in [0.3, 0.4) is 0 Å². The predicted octanol–water partition coefficient (Wildman–Crippen LogP) is 4.11.